The van der Waals surface area contributed by atoms with Crippen molar-refractivity contribution >= 4 is 34.8 Å². The van der Waals surface area contributed by atoms with E-state index in [0.717, 1.165) is 0 Å². The summed E-state index contributed by atoms with van der Waals surface area (Å²) in [4.78, 5) is 0. The molecule has 0 unspecified atom stereocenters. The van der Waals surface area contributed by atoms with E-state index in [1.54, 1.807) is 19.1 Å². The number of hydrogen-bond donors (Lipinski definition) is 0. The maximum atomic E-state index is 5.86. The van der Waals surface area contributed by atoms with Crippen molar-refractivity contribution in [3.05, 3.63) is 39.5 Å². The van der Waals surface area contributed by atoms with E-state index in [0.29, 0.717) is 26.6 Å². The van der Waals surface area contributed by atoms with Gasteiger partial charge in [-0.1, -0.05) is 41.4 Å². The quantitative estimate of drug-likeness (QED) is 0.541. The Kier molecular flexibility index (Phi) is 3.48. The minimum atomic E-state index is 0.303. The third-order valence-corrected chi connectivity index (χ3v) is 2.36. The third-order valence-electron chi connectivity index (χ3n) is 1.28. The molecule has 0 amide bonds. The minimum Gasteiger partial charge on any atom is -0.459 e. The summed E-state index contributed by atoms with van der Waals surface area (Å²) in [5.41, 5.74) is 0. The molecule has 0 radical (unpaired) electrons. The Morgan fingerprint density at radius 2 is 1.77 bits per heavy atom. The molecule has 1 aromatic rings. The summed E-state index contributed by atoms with van der Waals surface area (Å²) in [5.74, 6) is 0.856. The molecular weight excluding hydrogens is 230 g/mol. The number of allylic oxidation sites excluding steroid dienone is 1. The fourth-order valence-electron chi connectivity index (χ4n) is 0.776. The van der Waals surface area contributed by atoms with E-state index in [4.69, 9.17) is 39.5 Å². The zero-order valence-corrected chi connectivity index (χ0v) is 9.17. The predicted octanol–water partition coefficient (Wildman–Crippen LogP) is 4.56. The van der Waals surface area contributed by atoms with Gasteiger partial charge in [0.1, 0.15) is 5.02 Å². The molecule has 1 aromatic carbocycles. The molecule has 0 N–H and O–H groups in total. The molecule has 1 rings (SSSR count). The standard InChI is InChI=1S/C9H7Cl3O/c1-5(2)13-9-7(11)4-3-6(10)8(9)12/h3-4H,1H2,2H3. The van der Waals surface area contributed by atoms with Gasteiger partial charge < -0.3 is 4.74 Å². The van der Waals surface area contributed by atoms with E-state index in [2.05, 4.69) is 6.58 Å². The van der Waals surface area contributed by atoms with Crippen LogP contribution in [-0.2, 0) is 0 Å². The van der Waals surface area contributed by atoms with Gasteiger partial charge in [-0.3, -0.25) is 0 Å². The molecule has 4 heteroatoms. The second-order valence-electron chi connectivity index (χ2n) is 2.48. The van der Waals surface area contributed by atoms with Gasteiger partial charge in [-0.2, -0.15) is 0 Å². The predicted molar refractivity (Wildman–Crippen MR) is 56.9 cm³/mol. The van der Waals surface area contributed by atoms with Crippen molar-refractivity contribution in [1.82, 2.24) is 0 Å². The Morgan fingerprint density at radius 1 is 1.23 bits per heavy atom. The first-order valence-corrected chi connectivity index (χ1v) is 4.62. The molecule has 70 valence electrons. The molecule has 0 aliphatic heterocycles. The molecule has 0 atom stereocenters. The normalized spacial score (nSPS) is 9.85. The maximum Gasteiger partial charge on any atom is 0.165 e. The first kappa shape index (κ1) is 10.7. The largest absolute Gasteiger partial charge is 0.459 e. The molecular formula is C9H7Cl3O. The minimum absolute atomic E-state index is 0.303. The molecule has 0 heterocycles. The van der Waals surface area contributed by atoms with Crippen molar-refractivity contribution in [2.24, 2.45) is 0 Å². The van der Waals surface area contributed by atoms with Gasteiger partial charge in [0, 0.05) is 0 Å². The van der Waals surface area contributed by atoms with Crippen molar-refractivity contribution in [2.75, 3.05) is 0 Å². The van der Waals surface area contributed by atoms with E-state index >= 15 is 0 Å². The van der Waals surface area contributed by atoms with Crippen LogP contribution in [0.5, 0.6) is 5.75 Å². The highest BCUT2D eigenvalue weighted by atomic mass is 35.5. The van der Waals surface area contributed by atoms with Crippen LogP contribution in [-0.4, -0.2) is 0 Å². The number of halogens is 3. The SMILES string of the molecule is C=C(C)Oc1c(Cl)ccc(Cl)c1Cl. The van der Waals surface area contributed by atoms with E-state index < -0.39 is 0 Å². The lowest BCUT2D eigenvalue weighted by atomic mass is 10.3. The van der Waals surface area contributed by atoms with Gasteiger partial charge in [-0.25, -0.2) is 0 Å². The average molecular weight is 238 g/mol. The van der Waals surface area contributed by atoms with Crippen molar-refractivity contribution in [3.8, 4) is 5.75 Å². The van der Waals surface area contributed by atoms with Crippen molar-refractivity contribution in [1.29, 1.82) is 0 Å². The summed E-state index contributed by atoms with van der Waals surface area (Å²) < 4.78 is 5.21. The van der Waals surface area contributed by atoms with Crippen molar-refractivity contribution in [3.63, 3.8) is 0 Å². The number of ether oxygens (including phenoxy) is 1. The molecule has 1 nitrogen and oxygen atoms in total. The first-order valence-electron chi connectivity index (χ1n) is 3.49. The Bertz CT molecular complexity index is 347. The Balaban J connectivity index is 3.17. The fourth-order valence-corrected chi connectivity index (χ4v) is 1.37. The van der Waals surface area contributed by atoms with Crippen LogP contribution in [0.25, 0.3) is 0 Å². The molecule has 0 saturated heterocycles. The number of hydrogen-bond acceptors (Lipinski definition) is 1. The zero-order chi connectivity index (χ0) is 10.0. The maximum absolute atomic E-state index is 5.86. The van der Waals surface area contributed by atoms with Crippen LogP contribution in [0.1, 0.15) is 6.92 Å². The average Bonchev–Trinajstić information content (AvgIpc) is 2.05. The molecule has 0 aliphatic rings. The van der Waals surface area contributed by atoms with Gasteiger partial charge in [0.2, 0.25) is 0 Å². The van der Waals surface area contributed by atoms with Crippen LogP contribution in [0.2, 0.25) is 15.1 Å². The lowest BCUT2D eigenvalue weighted by Crippen LogP contribution is -1.90. The van der Waals surface area contributed by atoms with Crippen LogP contribution in [0.4, 0.5) is 0 Å². The fraction of sp³-hybridized carbons (Fsp3) is 0.111. The van der Waals surface area contributed by atoms with Gasteiger partial charge in [0.15, 0.2) is 5.75 Å². The van der Waals surface area contributed by atoms with Crippen LogP contribution in [0, 0.1) is 0 Å². The second kappa shape index (κ2) is 4.23. The number of benzene rings is 1. The summed E-state index contributed by atoms with van der Waals surface area (Å²) in [6.07, 6.45) is 0. The lowest BCUT2D eigenvalue weighted by molar-refractivity contribution is 0.431. The second-order valence-corrected chi connectivity index (χ2v) is 3.67. The first-order chi connectivity index (χ1) is 6.02. The van der Waals surface area contributed by atoms with Crippen LogP contribution in [0.3, 0.4) is 0 Å². The van der Waals surface area contributed by atoms with E-state index in [1.807, 2.05) is 0 Å². The molecule has 13 heavy (non-hydrogen) atoms. The Hall–Kier alpha value is -0.370. The van der Waals surface area contributed by atoms with Crippen molar-refractivity contribution in [2.45, 2.75) is 6.92 Å². The highest BCUT2D eigenvalue weighted by Crippen LogP contribution is 2.38. The van der Waals surface area contributed by atoms with Crippen LogP contribution >= 0.6 is 34.8 Å². The summed E-state index contributed by atoms with van der Waals surface area (Å²) in [5, 5.41) is 1.12. The topological polar surface area (TPSA) is 9.23 Å². The number of rotatable bonds is 2. The van der Waals surface area contributed by atoms with Gasteiger partial charge in [-0.05, 0) is 19.1 Å². The summed E-state index contributed by atoms with van der Waals surface area (Å²) >= 11 is 17.5. The molecule has 0 aromatic heterocycles. The molecule has 0 spiro atoms. The van der Waals surface area contributed by atoms with Crippen molar-refractivity contribution < 1.29 is 4.74 Å². The van der Waals surface area contributed by atoms with E-state index in [9.17, 15) is 0 Å². The Morgan fingerprint density at radius 3 is 2.31 bits per heavy atom. The van der Waals surface area contributed by atoms with Gasteiger partial charge in [0.05, 0.1) is 15.8 Å². The van der Waals surface area contributed by atoms with Gasteiger partial charge in [0.25, 0.3) is 0 Å². The van der Waals surface area contributed by atoms with Crippen LogP contribution in [0.15, 0.2) is 24.5 Å². The molecule has 0 bridgehead atoms. The summed E-state index contributed by atoms with van der Waals surface area (Å²) in [7, 11) is 0. The molecule has 0 fully saturated rings. The van der Waals surface area contributed by atoms with E-state index in [1.165, 1.54) is 0 Å². The molecule has 0 aliphatic carbocycles. The highest BCUT2D eigenvalue weighted by molar-refractivity contribution is 6.44. The Labute approximate surface area is 91.9 Å². The third kappa shape index (κ3) is 2.53. The zero-order valence-electron chi connectivity index (χ0n) is 6.90. The highest BCUT2D eigenvalue weighted by Gasteiger charge is 2.10. The smallest absolute Gasteiger partial charge is 0.165 e. The summed E-state index contributed by atoms with van der Waals surface area (Å²) in [6.45, 7) is 5.28. The van der Waals surface area contributed by atoms with Gasteiger partial charge in [-0.15, -0.1) is 0 Å². The molecule has 0 saturated carbocycles. The van der Waals surface area contributed by atoms with Gasteiger partial charge >= 0.3 is 0 Å². The lowest BCUT2D eigenvalue weighted by Gasteiger charge is -2.09. The van der Waals surface area contributed by atoms with E-state index in [-0.39, 0.29) is 0 Å². The monoisotopic (exact) mass is 236 g/mol. The van der Waals surface area contributed by atoms with Crippen LogP contribution < -0.4 is 4.74 Å². The summed E-state index contributed by atoms with van der Waals surface area (Å²) in [6, 6.07) is 3.23.